The van der Waals surface area contributed by atoms with Crippen LogP contribution in [0.25, 0.3) is 0 Å². The Hall–Kier alpha value is -3.78. The average Bonchev–Trinajstić information content (AvgIpc) is 2.91. The Kier molecular flexibility index (Phi) is 8.18. The topological polar surface area (TPSA) is 92.3 Å². The molecule has 0 amide bonds. The van der Waals surface area contributed by atoms with Crippen molar-refractivity contribution in [3.63, 3.8) is 0 Å². The highest BCUT2D eigenvalue weighted by Crippen LogP contribution is 2.47. The van der Waals surface area contributed by atoms with E-state index < -0.39 is 11.9 Å². The Bertz CT molecular complexity index is 1250. The number of dihydropyridines is 1. The fourth-order valence-electron chi connectivity index (χ4n) is 5.19. The number of nitrogens with one attached hydrogen (secondary N) is 1. The van der Waals surface area contributed by atoms with E-state index in [9.17, 15) is 9.59 Å². The van der Waals surface area contributed by atoms with E-state index in [1.165, 1.54) is 0 Å². The average molecular weight is 508 g/mol. The number of benzene rings is 2. The van der Waals surface area contributed by atoms with Crippen LogP contribution < -0.4 is 19.5 Å². The third-order valence-corrected chi connectivity index (χ3v) is 6.89. The first-order chi connectivity index (χ1) is 17.9. The van der Waals surface area contributed by atoms with Crippen molar-refractivity contribution >= 4 is 11.8 Å². The van der Waals surface area contributed by atoms with E-state index in [2.05, 4.69) is 5.32 Å². The van der Waals surface area contributed by atoms with Gasteiger partial charge in [-0.15, -0.1) is 0 Å². The fourth-order valence-corrected chi connectivity index (χ4v) is 5.19. The maximum Gasteiger partial charge on any atom is 0.336 e. The van der Waals surface area contributed by atoms with Crippen LogP contribution in [0.15, 0.2) is 65.0 Å². The van der Waals surface area contributed by atoms with Crippen molar-refractivity contribution in [1.82, 2.24) is 5.32 Å². The number of Topliss-reactive ketones (excluding diaryl/α,β-unsaturated/α-hetero) is 1. The van der Waals surface area contributed by atoms with E-state index in [1.54, 1.807) is 34.5 Å². The number of methoxy groups -OCH3 is 4. The molecule has 0 aromatic heterocycles. The molecule has 1 heterocycles. The summed E-state index contributed by atoms with van der Waals surface area (Å²) >= 11 is 0. The van der Waals surface area contributed by atoms with Crippen LogP contribution in [0.5, 0.6) is 17.2 Å². The number of rotatable bonds is 9. The molecule has 37 heavy (non-hydrogen) atoms. The van der Waals surface area contributed by atoms with Gasteiger partial charge in [0.2, 0.25) is 0 Å². The van der Waals surface area contributed by atoms with Gasteiger partial charge in [0.15, 0.2) is 17.3 Å². The SMILES string of the molecule is COCCOC(=O)C1=C(C)NC2=C(C(=O)C[C@H](c3ccccc3OC)C2)[C@@H]1c1ccc(OC)c(OC)c1. The highest BCUT2D eigenvalue weighted by Gasteiger charge is 2.42. The second-order valence-electron chi connectivity index (χ2n) is 9.00. The molecule has 1 N–H and O–H groups in total. The predicted molar refractivity (Wildman–Crippen MR) is 138 cm³/mol. The summed E-state index contributed by atoms with van der Waals surface area (Å²) in [5.74, 6) is 0.644. The number of carbonyl (C=O) groups is 2. The highest BCUT2D eigenvalue weighted by atomic mass is 16.6. The molecule has 0 bridgehead atoms. The lowest BCUT2D eigenvalue weighted by molar-refractivity contribution is -0.140. The van der Waals surface area contributed by atoms with Crippen LogP contribution in [0.4, 0.5) is 0 Å². The Morgan fingerprint density at radius 1 is 0.919 bits per heavy atom. The van der Waals surface area contributed by atoms with E-state index in [0.29, 0.717) is 41.2 Å². The fraction of sp³-hybridized carbons (Fsp3) is 0.379. The minimum absolute atomic E-state index is 0.0286. The van der Waals surface area contributed by atoms with Gasteiger partial charge in [-0.05, 0) is 42.7 Å². The van der Waals surface area contributed by atoms with Crippen molar-refractivity contribution in [2.75, 3.05) is 41.7 Å². The summed E-state index contributed by atoms with van der Waals surface area (Å²) in [7, 11) is 6.30. The molecule has 0 saturated heterocycles. The molecule has 2 atom stereocenters. The number of allylic oxidation sites excluding steroid dienone is 3. The summed E-state index contributed by atoms with van der Waals surface area (Å²) in [6, 6.07) is 13.2. The number of ketones is 1. The van der Waals surface area contributed by atoms with Crippen LogP contribution in [-0.2, 0) is 19.1 Å². The van der Waals surface area contributed by atoms with Crippen molar-refractivity contribution in [1.29, 1.82) is 0 Å². The minimum Gasteiger partial charge on any atom is -0.496 e. The largest absolute Gasteiger partial charge is 0.496 e. The van der Waals surface area contributed by atoms with Crippen LogP contribution >= 0.6 is 0 Å². The van der Waals surface area contributed by atoms with Crippen molar-refractivity contribution in [2.45, 2.75) is 31.6 Å². The number of carbonyl (C=O) groups excluding carboxylic acids is 2. The summed E-state index contributed by atoms with van der Waals surface area (Å²) in [5, 5.41) is 3.37. The zero-order chi connectivity index (χ0) is 26.5. The number of ether oxygens (including phenoxy) is 5. The molecule has 2 aliphatic rings. The van der Waals surface area contributed by atoms with Gasteiger partial charge < -0.3 is 29.0 Å². The maximum absolute atomic E-state index is 13.8. The maximum atomic E-state index is 13.8. The number of esters is 1. The monoisotopic (exact) mass is 507 g/mol. The van der Waals surface area contributed by atoms with Gasteiger partial charge in [0, 0.05) is 42.3 Å². The summed E-state index contributed by atoms with van der Waals surface area (Å²) in [6.45, 7) is 2.22. The Labute approximate surface area is 217 Å². The zero-order valence-electron chi connectivity index (χ0n) is 21.9. The summed E-state index contributed by atoms with van der Waals surface area (Å²) in [6.07, 6.45) is 0.907. The Morgan fingerprint density at radius 2 is 1.65 bits per heavy atom. The van der Waals surface area contributed by atoms with Crippen molar-refractivity contribution in [2.24, 2.45) is 0 Å². The molecule has 0 fully saturated rings. The summed E-state index contributed by atoms with van der Waals surface area (Å²) < 4.78 is 27.1. The highest BCUT2D eigenvalue weighted by molar-refractivity contribution is 6.04. The van der Waals surface area contributed by atoms with Crippen LogP contribution in [0.3, 0.4) is 0 Å². The van der Waals surface area contributed by atoms with Crippen molar-refractivity contribution in [3.05, 3.63) is 76.1 Å². The van der Waals surface area contributed by atoms with Gasteiger partial charge in [-0.1, -0.05) is 24.3 Å². The van der Waals surface area contributed by atoms with E-state index in [4.69, 9.17) is 23.7 Å². The molecule has 1 aliphatic carbocycles. The van der Waals surface area contributed by atoms with E-state index in [0.717, 1.165) is 22.6 Å². The third kappa shape index (κ3) is 5.20. The van der Waals surface area contributed by atoms with E-state index in [-0.39, 0.29) is 24.9 Å². The lowest BCUT2D eigenvalue weighted by atomic mass is 9.71. The lowest BCUT2D eigenvalue weighted by Gasteiger charge is -2.37. The first-order valence-corrected chi connectivity index (χ1v) is 12.2. The summed E-state index contributed by atoms with van der Waals surface area (Å²) in [5.41, 5.74) is 4.15. The standard InChI is InChI=1S/C29H33NO7/c1-17-26(29(32)37-13-12-33-2)27(18-10-11-24(35-4)25(16-18)36-5)28-21(30-17)14-19(15-22(28)31)20-8-6-7-9-23(20)34-3/h6-11,16,19,27,30H,12-15H2,1-5H3/t19-,27-/m1/s1. The number of para-hydroxylation sites is 1. The predicted octanol–water partition coefficient (Wildman–Crippen LogP) is 4.26. The molecule has 2 aromatic rings. The van der Waals surface area contributed by atoms with Gasteiger partial charge in [-0.25, -0.2) is 4.79 Å². The molecule has 0 spiro atoms. The van der Waals surface area contributed by atoms with Crippen molar-refractivity contribution < 1.29 is 33.3 Å². The molecule has 196 valence electrons. The van der Waals surface area contributed by atoms with Gasteiger partial charge in [-0.2, -0.15) is 0 Å². The van der Waals surface area contributed by atoms with Crippen LogP contribution in [0.2, 0.25) is 0 Å². The van der Waals surface area contributed by atoms with Crippen LogP contribution in [0.1, 0.15) is 42.7 Å². The number of hydrogen-bond donors (Lipinski definition) is 1. The molecule has 4 rings (SSSR count). The normalized spacial score (nSPS) is 19.2. The lowest BCUT2D eigenvalue weighted by Crippen LogP contribution is -2.36. The molecule has 0 saturated carbocycles. The number of hydrogen-bond acceptors (Lipinski definition) is 8. The van der Waals surface area contributed by atoms with Gasteiger partial charge >= 0.3 is 5.97 Å². The second kappa shape index (κ2) is 11.5. The molecular formula is C29H33NO7. The second-order valence-corrected chi connectivity index (χ2v) is 9.00. The van der Waals surface area contributed by atoms with Gasteiger partial charge in [0.1, 0.15) is 12.4 Å². The Morgan fingerprint density at radius 3 is 2.35 bits per heavy atom. The first kappa shape index (κ1) is 26.3. The van der Waals surface area contributed by atoms with Gasteiger partial charge in [-0.3, -0.25) is 4.79 Å². The van der Waals surface area contributed by atoms with Crippen molar-refractivity contribution in [3.8, 4) is 17.2 Å². The van der Waals surface area contributed by atoms with Gasteiger partial charge in [0.25, 0.3) is 0 Å². The minimum atomic E-state index is -0.614. The van der Waals surface area contributed by atoms with Crippen LogP contribution in [-0.4, -0.2) is 53.4 Å². The molecule has 0 radical (unpaired) electrons. The molecule has 8 heteroatoms. The van der Waals surface area contributed by atoms with E-state index >= 15 is 0 Å². The molecule has 1 aliphatic heterocycles. The zero-order valence-corrected chi connectivity index (χ0v) is 21.9. The van der Waals surface area contributed by atoms with E-state index in [1.807, 2.05) is 43.3 Å². The molecule has 0 unspecified atom stereocenters. The quantitative estimate of drug-likeness (QED) is 0.398. The molecule has 8 nitrogen and oxygen atoms in total. The third-order valence-electron chi connectivity index (χ3n) is 6.89. The molecular weight excluding hydrogens is 474 g/mol. The smallest absolute Gasteiger partial charge is 0.336 e. The first-order valence-electron chi connectivity index (χ1n) is 12.2. The Balaban J connectivity index is 1.80. The summed E-state index contributed by atoms with van der Waals surface area (Å²) in [4.78, 5) is 27.1. The van der Waals surface area contributed by atoms with Gasteiger partial charge in [0.05, 0.1) is 33.5 Å². The van der Waals surface area contributed by atoms with Crippen LogP contribution in [0, 0.1) is 0 Å². The molecule has 2 aromatic carbocycles.